The molecule has 0 spiro atoms. The molecule has 5 heteroatoms. The summed E-state index contributed by atoms with van der Waals surface area (Å²) in [4.78, 5) is 23.0. The summed E-state index contributed by atoms with van der Waals surface area (Å²) in [6.07, 6.45) is 0.209. The van der Waals surface area contributed by atoms with Gasteiger partial charge in [0.25, 0.3) is 0 Å². The van der Waals surface area contributed by atoms with E-state index in [0.717, 1.165) is 6.07 Å². The van der Waals surface area contributed by atoms with Crippen molar-refractivity contribution in [2.75, 3.05) is 11.9 Å². The van der Waals surface area contributed by atoms with Crippen molar-refractivity contribution in [2.45, 2.75) is 33.3 Å². The number of ketones is 1. The van der Waals surface area contributed by atoms with E-state index < -0.39 is 5.82 Å². The summed E-state index contributed by atoms with van der Waals surface area (Å²) in [7, 11) is 0. The van der Waals surface area contributed by atoms with Crippen molar-refractivity contribution >= 4 is 17.4 Å². The normalized spacial score (nSPS) is 10.6. The molecule has 1 aromatic rings. The molecule has 0 aliphatic rings. The van der Waals surface area contributed by atoms with Crippen LogP contribution < -0.4 is 5.32 Å². The van der Waals surface area contributed by atoms with E-state index in [0.29, 0.717) is 5.56 Å². The van der Waals surface area contributed by atoms with Gasteiger partial charge in [-0.15, -0.1) is 0 Å². The third-order valence-corrected chi connectivity index (χ3v) is 2.42. The lowest BCUT2D eigenvalue weighted by Crippen LogP contribution is -2.17. The second-order valence-electron chi connectivity index (χ2n) is 4.46. The van der Waals surface area contributed by atoms with Gasteiger partial charge in [-0.1, -0.05) is 0 Å². The lowest BCUT2D eigenvalue weighted by molar-refractivity contribution is -0.117. The SMILES string of the molecule is CC(=O)c1ccc(F)cc1NC(=O)CCOC(C)C. The van der Waals surface area contributed by atoms with E-state index in [4.69, 9.17) is 4.74 Å². The molecule has 1 aromatic carbocycles. The van der Waals surface area contributed by atoms with Crippen LogP contribution in [0.25, 0.3) is 0 Å². The van der Waals surface area contributed by atoms with E-state index in [2.05, 4.69) is 5.32 Å². The van der Waals surface area contributed by atoms with E-state index in [1.165, 1.54) is 19.1 Å². The quantitative estimate of drug-likeness (QED) is 0.806. The second-order valence-corrected chi connectivity index (χ2v) is 4.46. The lowest BCUT2D eigenvalue weighted by atomic mass is 10.1. The zero-order chi connectivity index (χ0) is 14.4. The van der Waals surface area contributed by atoms with Crippen molar-refractivity contribution < 1.29 is 18.7 Å². The Balaban J connectivity index is 2.67. The third-order valence-electron chi connectivity index (χ3n) is 2.42. The molecule has 0 atom stereocenters. The molecule has 1 amide bonds. The zero-order valence-corrected chi connectivity index (χ0v) is 11.3. The number of rotatable bonds is 6. The van der Waals surface area contributed by atoms with Gasteiger partial charge in [-0.2, -0.15) is 0 Å². The Morgan fingerprint density at radius 3 is 2.63 bits per heavy atom. The summed E-state index contributed by atoms with van der Waals surface area (Å²) >= 11 is 0. The number of carbonyl (C=O) groups excluding carboxylic acids is 2. The molecule has 4 nitrogen and oxygen atoms in total. The third kappa shape index (κ3) is 5.18. The first kappa shape index (κ1) is 15.3. The van der Waals surface area contributed by atoms with E-state index in [9.17, 15) is 14.0 Å². The van der Waals surface area contributed by atoms with Crippen LogP contribution in [0.2, 0.25) is 0 Å². The zero-order valence-electron chi connectivity index (χ0n) is 11.3. The van der Waals surface area contributed by atoms with Crippen LogP contribution in [-0.4, -0.2) is 24.4 Å². The fourth-order valence-corrected chi connectivity index (χ4v) is 1.53. The standard InChI is InChI=1S/C14H18FNO3/c1-9(2)19-7-6-14(18)16-13-8-11(15)4-5-12(13)10(3)17/h4-5,8-9H,6-7H2,1-3H3,(H,16,18). The molecule has 19 heavy (non-hydrogen) atoms. The molecular formula is C14H18FNO3. The second kappa shape index (κ2) is 6.99. The minimum Gasteiger partial charge on any atom is -0.378 e. The van der Waals surface area contributed by atoms with Crippen molar-refractivity contribution in [3.05, 3.63) is 29.6 Å². The number of nitrogens with one attached hydrogen (secondary N) is 1. The monoisotopic (exact) mass is 267 g/mol. The molecule has 0 heterocycles. The average Bonchev–Trinajstić information content (AvgIpc) is 2.27. The molecule has 1 rings (SSSR count). The van der Waals surface area contributed by atoms with Gasteiger partial charge in [-0.05, 0) is 39.0 Å². The van der Waals surface area contributed by atoms with Crippen molar-refractivity contribution in [1.29, 1.82) is 0 Å². The highest BCUT2D eigenvalue weighted by atomic mass is 19.1. The predicted molar refractivity (Wildman–Crippen MR) is 70.7 cm³/mol. The number of Topliss-reactive ketones (excluding diaryl/α,β-unsaturated/α-hetero) is 1. The smallest absolute Gasteiger partial charge is 0.226 e. The van der Waals surface area contributed by atoms with Gasteiger partial charge in [-0.3, -0.25) is 9.59 Å². The molecule has 0 bridgehead atoms. The van der Waals surface area contributed by atoms with Gasteiger partial charge in [0.1, 0.15) is 5.82 Å². The number of benzene rings is 1. The Labute approximate surface area is 112 Å². The number of hydrogen-bond donors (Lipinski definition) is 1. The fourth-order valence-electron chi connectivity index (χ4n) is 1.53. The average molecular weight is 267 g/mol. The predicted octanol–water partition coefficient (Wildman–Crippen LogP) is 2.78. The topological polar surface area (TPSA) is 55.4 Å². The van der Waals surface area contributed by atoms with Crippen molar-refractivity contribution in [3.8, 4) is 0 Å². The van der Waals surface area contributed by atoms with Gasteiger partial charge in [0.15, 0.2) is 5.78 Å². The summed E-state index contributed by atoms with van der Waals surface area (Å²) in [5, 5.41) is 2.53. The molecule has 0 saturated carbocycles. The first-order chi connectivity index (χ1) is 8.90. The molecule has 0 fully saturated rings. The highest BCUT2D eigenvalue weighted by Gasteiger charge is 2.11. The van der Waals surface area contributed by atoms with Gasteiger partial charge >= 0.3 is 0 Å². The van der Waals surface area contributed by atoms with E-state index in [1.807, 2.05) is 13.8 Å². The Bertz CT molecular complexity index is 472. The lowest BCUT2D eigenvalue weighted by Gasteiger charge is -2.10. The molecule has 0 saturated heterocycles. The number of ether oxygens (including phenoxy) is 1. The van der Waals surface area contributed by atoms with Crippen LogP contribution in [0.3, 0.4) is 0 Å². The summed E-state index contributed by atoms with van der Waals surface area (Å²) in [6, 6.07) is 3.68. The van der Waals surface area contributed by atoms with E-state index in [-0.39, 0.29) is 36.5 Å². The summed E-state index contributed by atoms with van der Waals surface area (Å²) in [5.41, 5.74) is 0.488. The van der Waals surface area contributed by atoms with Crippen LogP contribution in [0.1, 0.15) is 37.6 Å². The van der Waals surface area contributed by atoms with Gasteiger partial charge in [0.2, 0.25) is 5.91 Å². The molecule has 0 unspecified atom stereocenters. The number of halogens is 1. The largest absolute Gasteiger partial charge is 0.378 e. The number of amides is 1. The maximum atomic E-state index is 13.1. The minimum absolute atomic E-state index is 0.0507. The van der Waals surface area contributed by atoms with Crippen LogP contribution in [0.4, 0.5) is 10.1 Å². The Hall–Kier alpha value is -1.75. The molecule has 0 aliphatic carbocycles. The number of carbonyl (C=O) groups is 2. The molecule has 104 valence electrons. The summed E-state index contributed by atoms with van der Waals surface area (Å²) in [6.45, 7) is 5.40. The molecule has 0 aliphatic heterocycles. The number of anilines is 1. The van der Waals surface area contributed by atoms with Crippen molar-refractivity contribution in [2.24, 2.45) is 0 Å². The van der Waals surface area contributed by atoms with Crippen LogP contribution in [0, 0.1) is 5.82 Å². The van der Waals surface area contributed by atoms with Crippen molar-refractivity contribution in [3.63, 3.8) is 0 Å². The molecule has 0 aromatic heterocycles. The number of hydrogen-bond acceptors (Lipinski definition) is 3. The van der Waals surface area contributed by atoms with E-state index in [1.54, 1.807) is 0 Å². The first-order valence-corrected chi connectivity index (χ1v) is 6.12. The van der Waals surface area contributed by atoms with Gasteiger partial charge in [0.05, 0.1) is 24.8 Å². The fraction of sp³-hybridized carbons (Fsp3) is 0.429. The summed E-state index contributed by atoms with van der Waals surface area (Å²) in [5.74, 6) is -1.04. The van der Waals surface area contributed by atoms with E-state index >= 15 is 0 Å². The maximum absolute atomic E-state index is 13.1. The maximum Gasteiger partial charge on any atom is 0.226 e. The van der Waals surface area contributed by atoms with Gasteiger partial charge < -0.3 is 10.1 Å². The Kier molecular flexibility index (Phi) is 5.63. The minimum atomic E-state index is -0.501. The van der Waals surface area contributed by atoms with Crippen molar-refractivity contribution in [1.82, 2.24) is 0 Å². The highest BCUT2D eigenvalue weighted by molar-refractivity contribution is 6.03. The molecule has 1 N–H and O–H groups in total. The van der Waals surface area contributed by atoms with Crippen LogP contribution in [0.15, 0.2) is 18.2 Å². The van der Waals surface area contributed by atoms with Crippen LogP contribution in [-0.2, 0) is 9.53 Å². The van der Waals surface area contributed by atoms with Gasteiger partial charge in [-0.25, -0.2) is 4.39 Å². The highest BCUT2D eigenvalue weighted by Crippen LogP contribution is 2.18. The first-order valence-electron chi connectivity index (χ1n) is 6.12. The molecule has 0 radical (unpaired) electrons. The van der Waals surface area contributed by atoms with Crippen LogP contribution >= 0.6 is 0 Å². The molecular weight excluding hydrogens is 249 g/mol. The Morgan fingerprint density at radius 2 is 2.05 bits per heavy atom. The van der Waals surface area contributed by atoms with Crippen LogP contribution in [0.5, 0.6) is 0 Å². The Morgan fingerprint density at radius 1 is 1.37 bits per heavy atom. The van der Waals surface area contributed by atoms with Gasteiger partial charge in [0, 0.05) is 5.56 Å². The summed E-state index contributed by atoms with van der Waals surface area (Å²) < 4.78 is 18.4.